The van der Waals surface area contributed by atoms with Crippen LogP contribution in [0.5, 0.6) is 0 Å². The topological polar surface area (TPSA) is 54.5 Å². The molecule has 0 aromatic carbocycles. The molecule has 4 heteroatoms. The summed E-state index contributed by atoms with van der Waals surface area (Å²) in [4.78, 5) is 3.90. The zero-order valence-corrected chi connectivity index (χ0v) is 8.40. The van der Waals surface area contributed by atoms with E-state index in [2.05, 4.69) is 17.0 Å². The molecule has 74 valence electrons. The molecule has 0 bridgehead atoms. The minimum Gasteiger partial charge on any atom is -0.251 e. The Labute approximate surface area is 83.6 Å². The Morgan fingerprint density at radius 2 is 2.29 bits per heavy atom. The molecule has 0 unspecified atom stereocenters. The molecule has 1 saturated carbocycles. The molecule has 14 heavy (non-hydrogen) atoms. The van der Waals surface area contributed by atoms with E-state index in [1.165, 1.54) is 25.7 Å². The van der Waals surface area contributed by atoms with Crippen LogP contribution in [0.15, 0.2) is 6.33 Å². The summed E-state index contributed by atoms with van der Waals surface area (Å²) >= 11 is 0. The fourth-order valence-electron chi connectivity index (χ4n) is 2.20. The molecule has 0 atom stereocenters. The molecule has 0 spiro atoms. The minimum absolute atomic E-state index is 0.270. The lowest BCUT2D eigenvalue weighted by Gasteiger charge is -2.22. The molecular weight excluding hydrogens is 176 g/mol. The van der Waals surface area contributed by atoms with Crippen LogP contribution in [0.1, 0.15) is 38.4 Å². The third-order valence-corrected chi connectivity index (χ3v) is 2.99. The molecule has 1 aliphatic carbocycles. The number of nitriles is 1. The van der Waals surface area contributed by atoms with Crippen LogP contribution in [0.25, 0.3) is 0 Å². The highest BCUT2D eigenvalue weighted by molar-refractivity contribution is 5.05. The van der Waals surface area contributed by atoms with E-state index in [0.717, 1.165) is 6.54 Å². The number of aromatic nitrogens is 3. The average molecular weight is 190 g/mol. The Bertz CT molecular complexity index is 354. The summed E-state index contributed by atoms with van der Waals surface area (Å²) in [5.41, 5.74) is 0.362. The number of hydrogen-bond donors (Lipinski definition) is 0. The van der Waals surface area contributed by atoms with Crippen molar-refractivity contribution in [1.29, 1.82) is 5.26 Å². The van der Waals surface area contributed by atoms with Gasteiger partial charge in [-0.25, -0.2) is 4.98 Å². The summed E-state index contributed by atoms with van der Waals surface area (Å²) in [6.45, 7) is 3.18. The molecule has 1 aromatic rings. The van der Waals surface area contributed by atoms with Crippen molar-refractivity contribution in [1.82, 2.24) is 14.8 Å². The minimum atomic E-state index is 0.270. The van der Waals surface area contributed by atoms with Crippen LogP contribution in [-0.2, 0) is 6.54 Å². The van der Waals surface area contributed by atoms with Crippen molar-refractivity contribution in [3.63, 3.8) is 0 Å². The summed E-state index contributed by atoms with van der Waals surface area (Å²) < 4.78 is 1.80. The first-order valence-electron chi connectivity index (χ1n) is 5.01. The quantitative estimate of drug-likeness (QED) is 0.713. The lowest BCUT2D eigenvalue weighted by molar-refractivity contribution is 0.267. The van der Waals surface area contributed by atoms with Crippen LogP contribution < -0.4 is 0 Å². The highest BCUT2D eigenvalue weighted by Crippen LogP contribution is 2.38. The first-order valence-corrected chi connectivity index (χ1v) is 5.01. The predicted octanol–water partition coefficient (Wildman–Crippen LogP) is 1.73. The van der Waals surface area contributed by atoms with Crippen LogP contribution >= 0.6 is 0 Å². The second-order valence-electron chi connectivity index (χ2n) is 4.40. The van der Waals surface area contributed by atoms with Crippen molar-refractivity contribution in [3.05, 3.63) is 12.2 Å². The first-order chi connectivity index (χ1) is 6.72. The average Bonchev–Trinajstić information content (AvgIpc) is 2.75. The Hall–Kier alpha value is -1.37. The van der Waals surface area contributed by atoms with Crippen LogP contribution in [0.4, 0.5) is 0 Å². The van der Waals surface area contributed by atoms with E-state index in [0.29, 0.717) is 5.41 Å². The molecule has 0 amide bonds. The molecule has 2 rings (SSSR count). The van der Waals surface area contributed by atoms with Crippen LogP contribution in [0.3, 0.4) is 0 Å². The largest absolute Gasteiger partial charge is 0.252 e. The van der Waals surface area contributed by atoms with Crippen molar-refractivity contribution in [3.8, 4) is 6.07 Å². The van der Waals surface area contributed by atoms with Crippen molar-refractivity contribution < 1.29 is 0 Å². The smallest absolute Gasteiger partial charge is 0.251 e. The Kier molecular flexibility index (Phi) is 2.24. The second-order valence-corrected chi connectivity index (χ2v) is 4.40. The summed E-state index contributed by atoms with van der Waals surface area (Å²) in [7, 11) is 0. The lowest BCUT2D eigenvalue weighted by Crippen LogP contribution is -2.19. The number of rotatable bonds is 2. The summed E-state index contributed by atoms with van der Waals surface area (Å²) in [5, 5.41) is 12.7. The summed E-state index contributed by atoms with van der Waals surface area (Å²) in [6.07, 6.45) is 6.80. The maximum absolute atomic E-state index is 8.59. The summed E-state index contributed by atoms with van der Waals surface area (Å²) in [6, 6.07) is 1.94. The Morgan fingerprint density at radius 1 is 1.57 bits per heavy atom. The zero-order chi connectivity index (χ0) is 10.0. The first kappa shape index (κ1) is 9.20. The van der Waals surface area contributed by atoms with Gasteiger partial charge in [0.1, 0.15) is 12.4 Å². The SMILES string of the molecule is CC1(Cn2cnc(C#N)n2)CCCC1. The molecule has 1 aromatic heterocycles. The van der Waals surface area contributed by atoms with Gasteiger partial charge in [-0.05, 0) is 18.3 Å². The van der Waals surface area contributed by atoms with Crippen LogP contribution in [-0.4, -0.2) is 14.8 Å². The van der Waals surface area contributed by atoms with Gasteiger partial charge in [-0.15, -0.1) is 5.10 Å². The third kappa shape index (κ3) is 1.77. The predicted molar refractivity (Wildman–Crippen MR) is 51.3 cm³/mol. The van der Waals surface area contributed by atoms with Crippen molar-refractivity contribution in [2.45, 2.75) is 39.2 Å². The zero-order valence-electron chi connectivity index (χ0n) is 8.40. The molecule has 0 radical (unpaired) electrons. The van der Waals surface area contributed by atoms with Gasteiger partial charge in [-0.1, -0.05) is 19.8 Å². The van der Waals surface area contributed by atoms with Gasteiger partial charge in [0.15, 0.2) is 0 Å². The van der Waals surface area contributed by atoms with E-state index >= 15 is 0 Å². The van der Waals surface area contributed by atoms with Crippen molar-refractivity contribution >= 4 is 0 Å². The van der Waals surface area contributed by atoms with Crippen molar-refractivity contribution in [2.75, 3.05) is 0 Å². The molecule has 1 aliphatic rings. The van der Waals surface area contributed by atoms with E-state index < -0.39 is 0 Å². The van der Waals surface area contributed by atoms with Crippen LogP contribution in [0.2, 0.25) is 0 Å². The number of hydrogen-bond acceptors (Lipinski definition) is 3. The Balaban J connectivity index is 2.07. The molecule has 0 N–H and O–H groups in total. The van der Waals surface area contributed by atoms with Gasteiger partial charge in [0, 0.05) is 6.54 Å². The fourth-order valence-corrected chi connectivity index (χ4v) is 2.20. The molecule has 4 nitrogen and oxygen atoms in total. The van der Waals surface area contributed by atoms with E-state index in [-0.39, 0.29) is 5.82 Å². The normalized spacial score (nSPS) is 19.4. The van der Waals surface area contributed by atoms with Crippen molar-refractivity contribution in [2.24, 2.45) is 5.41 Å². The van der Waals surface area contributed by atoms with Gasteiger partial charge in [-0.3, -0.25) is 4.68 Å². The van der Waals surface area contributed by atoms with Gasteiger partial charge < -0.3 is 0 Å². The van der Waals surface area contributed by atoms with Gasteiger partial charge in [-0.2, -0.15) is 5.26 Å². The molecule has 1 heterocycles. The fraction of sp³-hybridized carbons (Fsp3) is 0.700. The lowest BCUT2D eigenvalue weighted by atomic mass is 9.89. The van der Waals surface area contributed by atoms with Gasteiger partial charge in [0.2, 0.25) is 0 Å². The molecule has 0 saturated heterocycles. The van der Waals surface area contributed by atoms with Crippen LogP contribution in [0, 0.1) is 16.7 Å². The van der Waals surface area contributed by atoms with E-state index in [9.17, 15) is 0 Å². The molecule has 0 aliphatic heterocycles. The van der Waals surface area contributed by atoms with E-state index in [1.807, 2.05) is 6.07 Å². The monoisotopic (exact) mass is 190 g/mol. The molecular formula is C10H14N4. The molecule has 1 fully saturated rings. The Morgan fingerprint density at radius 3 is 2.86 bits per heavy atom. The second kappa shape index (κ2) is 3.41. The van der Waals surface area contributed by atoms with Gasteiger partial charge in [0.05, 0.1) is 0 Å². The summed E-state index contributed by atoms with van der Waals surface area (Å²) in [5.74, 6) is 0.270. The van der Waals surface area contributed by atoms with Gasteiger partial charge in [0.25, 0.3) is 5.82 Å². The maximum atomic E-state index is 8.59. The van der Waals surface area contributed by atoms with E-state index in [1.54, 1.807) is 11.0 Å². The highest BCUT2D eigenvalue weighted by Gasteiger charge is 2.29. The van der Waals surface area contributed by atoms with Gasteiger partial charge >= 0.3 is 0 Å². The highest BCUT2D eigenvalue weighted by atomic mass is 15.3. The standard InChI is InChI=1S/C10H14N4/c1-10(4-2-3-5-10)7-14-8-12-9(6-11)13-14/h8H,2-5,7H2,1H3. The maximum Gasteiger partial charge on any atom is 0.252 e. The number of nitrogens with zero attached hydrogens (tertiary/aromatic N) is 4. The van der Waals surface area contributed by atoms with E-state index in [4.69, 9.17) is 5.26 Å². The third-order valence-electron chi connectivity index (χ3n) is 2.99.